The Morgan fingerprint density at radius 1 is 1.25 bits per heavy atom. The summed E-state index contributed by atoms with van der Waals surface area (Å²) in [6.07, 6.45) is 0. The molecule has 3 rings (SSSR count). The van der Waals surface area contributed by atoms with Crippen LogP contribution in [0.25, 0.3) is 0 Å². The Morgan fingerprint density at radius 2 is 2.10 bits per heavy atom. The van der Waals surface area contributed by atoms with E-state index in [1.54, 1.807) is 7.11 Å². The first-order chi connectivity index (χ1) is 9.78. The molecule has 0 aliphatic carbocycles. The highest BCUT2D eigenvalue weighted by Gasteiger charge is 2.19. The predicted octanol–water partition coefficient (Wildman–Crippen LogP) is 3.80. The van der Waals surface area contributed by atoms with Crippen molar-refractivity contribution in [1.29, 1.82) is 0 Å². The van der Waals surface area contributed by atoms with Crippen molar-refractivity contribution in [2.24, 2.45) is 0 Å². The van der Waals surface area contributed by atoms with Crippen molar-refractivity contribution >= 4 is 21.6 Å². The normalized spacial score (nSPS) is 12.3. The van der Waals surface area contributed by atoms with Crippen LogP contribution in [0, 0.1) is 0 Å². The van der Waals surface area contributed by atoms with E-state index in [9.17, 15) is 0 Å². The molecule has 0 radical (unpaired) electrons. The molecule has 0 bridgehead atoms. The molecule has 0 saturated carbocycles. The minimum Gasteiger partial charge on any atom is -0.493 e. The van der Waals surface area contributed by atoms with Gasteiger partial charge in [-0.1, -0.05) is 12.1 Å². The second kappa shape index (κ2) is 5.63. The molecular weight excluding hydrogens is 322 g/mol. The van der Waals surface area contributed by atoms with Gasteiger partial charge in [0.15, 0.2) is 11.5 Å². The molecule has 0 saturated heterocycles. The largest absolute Gasteiger partial charge is 0.493 e. The van der Waals surface area contributed by atoms with Gasteiger partial charge in [-0.2, -0.15) is 0 Å². The molecule has 2 aromatic rings. The number of nitrogens with one attached hydrogen (secondary N) is 1. The van der Waals surface area contributed by atoms with Gasteiger partial charge in [0.1, 0.15) is 0 Å². The fraction of sp³-hybridized carbons (Fsp3) is 0.200. The van der Waals surface area contributed by atoms with E-state index < -0.39 is 0 Å². The van der Waals surface area contributed by atoms with Gasteiger partial charge >= 0.3 is 0 Å². The second-order valence-corrected chi connectivity index (χ2v) is 5.22. The van der Waals surface area contributed by atoms with Gasteiger partial charge in [-0.15, -0.1) is 0 Å². The molecular formula is C15H14BrNO3. The molecule has 1 aliphatic heterocycles. The zero-order valence-corrected chi connectivity index (χ0v) is 12.6. The first-order valence-corrected chi connectivity index (χ1v) is 7.02. The molecule has 0 unspecified atom stereocenters. The Balaban J connectivity index is 1.80. The Morgan fingerprint density at radius 3 is 2.90 bits per heavy atom. The van der Waals surface area contributed by atoms with E-state index in [0.717, 1.165) is 21.5 Å². The molecule has 2 aromatic carbocycles. The predicted molar refractivity (Wildman–Crippen MR) is 80.6 cm³/mol. The first kappa shape index (κ1) is 13.1. The summed E-state index contributed by atoms with van der Waals surface area (Å²) in [5, 5.41) is 3.37. The lowest BCUT2D eigenvalue weighted by molar-refractivity contribution is 0.171. The maximum Gasteiger partial charge on any atom is 0.231 e. The average Bonchev–Trinajstić information content (AvgIpc) is 2.94. The lowest BCUT2D eigenvalue weighted by Gasteiger charge is -2.11. The Kier molecular flexibility index (Phi) is 3.69. The molecule has 1 heterocycles. The van der Waals surface area contributed by atoms with Crippen molar-refractivity contribution in [3.8, 4) is 17.2 Å². The van der Waals surface area contributed by atoms with Crippen LogP contribution in [0.2, 0.25) is 0 Å². The number of para-hydroxylation sites is 1. The second-order valence-electron chi connectivity index (χ2n) is 4.37. The van der Waals surface area contributed by atoms with Crippen LogP contribution >= 0.6 is 15.9 Å². The van der Waals surface area contributed by atoms with E-state index in [2.05, 4.69) is 21.2 Å². The fourth-order valence-electron chi connectivity index (χ4n) is 2.09. The van der Waals surface area contributed by atoms with Gasteiger partial charge in [-0.3, -0.25) is 0 Å². The van der Waals surface area contributed by atoms with E-state index in [-0.39, 0.29) is 6.79 Å². The highest BCUT2D eigenvalue weighted by atomic mass is 79.9. The van der Waals surface area contributed by atoms with Crippen LogP contribution in [-0.4, -0.2) is 13.9 Å². The third kappa shape index (κ3) is 2.54. The third-order valence-corrected chi connectivity index (χ3v) is 3.77. The summed E-state index contributed by atoms with van der Waals surface area (Å²) in [5.74, 6) is 2.11. The number of anilines is 1. The van der Waals surface area contributed by atoms with Gasteiger partial charge in [0.05, 0.1) is 7.11 Å². The van der Waals surface area contributed by atoms with E-state index in [4.69, 9.17) is 14.2 Å². The number of benzene rings is 2. The van der Waals surface area contributed by atoms with Crippen LogP contribution in [0.5, 0.6) is 17.2 Å². The zero-order chi connectivity index (χ0) is 13.9. The van der Waals surface area contributed by atoms with Crippen LogP contribution in [0.4, 0.5) is 5.69 Å². The van der Waals surface area contributed by atoms with Gasteiger partial charge in [-0.25, -0.2) is 0 Å². The summed E-state index contributed by atoms with van der Waals surface area (Å²) in [6, 6.07) is 11.9. The molecule has 4 nitrogen and oxygen atoms in total. The molecule has 0 spiro atoms. The molecule has 0 aromatic heterocycles. The molecule has 0 amide bonds. The molecule has 104 valence electrons. The number of rotatable bonds is 4. The van der Waals surface area contributed by atoms with Gasteiger partial charge < -0.3 is 19.5 Å². The van der Waals surface area contributed by atoms with Crippen LogP contribution in [-0.2, 0) is 6.54 Å². The van der Waals surface area contributed by atoms with Crippen LogP contribution in [0.15, 0.2) is 40.9 Å². The van der Waals surface area contributed by atoms with Crippen molar-refractivity contribution < 1.29 is 14.2 Å². The Bertz CT molecular complexity index is 631. The average molecular weight is 336 g/mol. The van der Waals surface area contributed by atoms with Gasteiger partial charge in [0, 0.05) is 16.7 Å². The number of hydrogen-bond acceptors (Lipinski definition) is 4. The maximum atomic E-state index is 5.42. The SMILES string of the molecule is COc1cc(CNc2ccccc2Br)cc2c1OCO2. The van der Waals surface area contributed by atoms with Gasteiger partial charge in [-0.05, 0) is 45.8 Å². The monoisotopic (exact) mass is 335 g/mol. The summed E-state index contributed by atoms with van der Waals surface area (Å²) < 4.78 is 17.2. The van der Waals surface area contributed by atoms with Crippen molar-refractivity contribution in [3.63, 3.8) is 0 Å². The summed E-state index contributed by atoms with van der Waals surface area (Å²) in [4.78, 5) is 0. The van der Waals surface area contributed by atoms with Crippen LogP contribution < -0.4 is 19.5 Å². The van der Waals surface area contributed by atoms with Gasteiger partial charge in [0.25, 0.3) is 0 Å². The summed E-state index contributed by atoms with van der Waals surface area (Å²) in [5.41, 5.74) is 2.12. The number of halogens is 1. The van der Waals surface area contributed by atoms with Crippen molar-refractivity contribution in [1.82, 2.24) is 0 Å². The van der Waals surface area contributed by atoms with Crippen molar-refractivity contribution in [2.45, 2.75) is 6.54 Å². The van der Waals surface area contributed by atoms with E-state index in [1.807, 2.05) is 36.4 Å². The summed E-state index contributed by atoms with van der Waals surface area (Å²) >= 11 is 3.52. The summed E-state index contributed by atoms with van der Waals surface area (Å²) in [6.45, 7) is 0.919. The van der Waals surface area contributed by atoms with E-state index in [0.29, 0.717) is 18.0 Å². The topological polar surface area (TPSA) is 39.7 Å². The lowest BCUT2D eigenvalue weighted by atomic mass is 10.1. The standard InChI is InChI=1S/C15H14BrNO3/c1-18-13-6-10(7-14-15(13)20-9-19-14)8-17-12-5-3-2-4-11(12)16/h2-7,17H,8-9H2,1H3. The Hall–Kier alpha value is -1.88. The minimum atomic E-state index is 0.243. The number of fused-ring (bicyclic) bond motifs is 1. The number of methoxy groups -OCH3 is 1. The van der Waals surface area contributed by atoms with Gasteiger partial charge in [0.2, 0.25) is 12.5 Å². The van der Waals surface area contributed by atoms with Crippen LogP contribution in [0.1, 0.15) is 5.56 Å². The highest BCUT2D eigenvalue weighted by molar-refractivity contribution is 9.10. The number of hydrogen-bond donors (Lipinski definition) is 1. The lowest BCUT2D eigenvalue weighted by Crippen LogP contribution is -2.00. The van der Waals surface area contributed by atoms with Crippen LogP contribution in [0.3, 0.4) is 0 Å². The molecule has 1 N–H and O–H groups in total. The quantitative estimate of drug-likeness (QED) is 0.922. The zero-order valence-electron chi connectivity index (χ0n) is 11.0. The smallest absolute Gasteiger partial charge is 0.231 e. The molecule has 20 heavy (non-hydrogen) atoms. The maximum absolute atomic E-state index is 5.42. The van der Waals surface area contributed by atoms with E-state index >= 15 is 0 Å². The third-order valence-electron chi connectivity index (χ3n) is 3.07. The van der Waals surface area contributed by atoms with Crippen molar-refractivity contribution in [2.75, 3.05) is 19.2 Å². The molecule has 0 atom stereocenters. The first-order valence-electron chi connectivity index (χ1n) is 6.23. The molecule has 1 aliphatic rings. The number of ether oxygens (including phenoxy) is 3. The summed E-state index contributed by atoms with van der Waals surface area (Å²) in [7, 11) is 1.63. The van der Waals surface area contributed by atoms with Crippen molar-refractivity contribution in [3.05, 3.63) is 46.4 Å². The highest BCUT2D eigenvalue weighted by Crippen LogP contribution is 2.41. The fourth-order valence-corrected chi connectivity index (χ4v) is 2.51. The minimum absolute atomic E-state index is 0.243. The molecule has 5 heteroatoms. The van der Waals surface area contributed by atoms with E-state index in [1.165, 1.54) is 0 Å². The molecule has 0 fully saturated rings. The Labute approximate surface area is 125 Å².